The second kappa shape index (κ2) is 4.94. The van der Waals surface area contributed by atoms with Gasteiger partial charge < -0.3 is 10.8 Å². The molecule has 2 rings (SSSR count). The van der Waals surface area contributed by atoms with Crippen LogP contribution in [0.4, 0.5) is 5.69 Å². The summed E-state index contributed by atoms with van der Waals surface area (Å²) in [5.41, 5.74) is 5.89. The molecule has 0 heterocycles. The number of phenols is 1. The third-order valence-electron chi connectivity index (χ3n) is 2.77. The number of nitrogens with zero attached hydrogens (tertiary/aromatic N) is 1. The normalized spacial score (nSPS) is 21.6. The average molecular weight is 249 g/mol. The van der Waals surface area contributed by atoms with Crippen LogP contribution in [0.1, 0.15) is 12.0 Å². The molecule has 1 aromatic carbocycles. The summed E-state index contributed by atoms with van der Waals surface area (Å²) in [6.45, 7) is 0. The number of phenolic OH excluding ortho intramolecular Hbond substituents is 1. The van der Waals surface area contributed by atoms with Crippen LogP contribution in [0, 0.1) is 11.3 Å². The smallest absolute Gasteiger partial charge is 0.122 e. The Morgan fingerprint density at radius 1 is 1.35 bits per heavy atom. The van der Waals surface area contributed by atoms with Gasteiger partial charge in [0, 0.05) is 17.3 Å². The van der Waals surface area contributed by atoms with Gasteiger partial charge in [-0.1, -0.05) is 30.4 Å². The lowest BCUT2D eigenvalue weighted by Gasteiger charge is -2.24. The van der Waals surface area contributed by atoms with Crippen LogP contribution in [-0.4, -0.2) is 5.11 Å². The van der Waals surface area contributed by atoms with Crippen molar-refractivity contribution in [2.24, 2.45) is 0 Å². The van der Waals surface area contributed by atoms with Gasteiger partial charge in [-0.2, -0.15) is 5.26 Å². The molecule has 0 spiro atoms. The summed E-state index contributed by atoms with van der Waals surface area (Å²) in [5, 5.41) is 19.2. The Morgan fingerprint density at radius 2 is 2.12 bits per heavy atom. The summed E-state index contributed by atoms with van der Waals surface area (Å²) in [5.74, 6) is 0.0708. The number of anilines is 1. The van der Waals surface area contributed by atoms with Gasteiger partial charge in [-0.25, -0.2) is 0 Å². The Labute approximate surface area is 106 Å². The van der Waals surface area contributed by atoms with Crippen molar-refractivity contribution in [1.29, 1.82) is 5.26 Å². The molecule has 1 aliphatic carbocycles. The maximum Gasteiger partial charge on any atom is 0.122 e. The highest BCUT2D eigenvalue weighted by Gasteiger charge is 2.31. The van der Waals surface area contributed by atoms with E-state index in [0.29, 0.717) is 17.7 Å². The number of halogens is 1. The molecular formula is C13H13ClN2O. The monoisotopic (exact) mass is 248 g/mol. The van der Waals surface area contributed by atoms with Gasteiger partial charge in [0.2, 0.25) is 0 Å². The fourth-order valence-corrected chi connectivity index (χ4v) is 1.89. The lowest BCUT2D eigenvalue weighted by Crippen LogP contribution is -2.21. The summed E-state index contributed by atoms with van der Waals surface area (Å²) in [7, 11) is 0. The molecule has 0 amide bonds. The Kier molecular flexibility index (Phi) is 3.82. The molecular weight excluding hydrogens is 236 g/mol. The van der Waals surface area contributed by atoms with Crippen molar-refractivity contribution >= 4 is 18.1 Å². The Balaban J connectivity index is 0.00000144. The third-order valence-corrected chi connectivity index (χ3v) is 2.77. The largest absolute Gasteiger partial charge is 0.508 e. The maximum absolute atomic E-state index is 9.85. The van der Waals surface area contributed by atoms with Crippen LogP contribution >= 0.6 is 12.4 Å². The van der Waals surface area contributed by atoms with Crippen molar-refractivity contribution < 1.29 is 5.11 Å². The second-order valence-corrected chi connectivity index (χ2v) is 3.85. The minimum absolute atomic E-state index is 0. The van der Waals surface area contributed by atoms with E-state index < -0.39 is 5.41 Å². The van der Waals surface area contributed by atoms with Gasteiger partial charge in [-0.05, 0) is 12.5 Å². The molecule has 0 saturated heterocycles. The molecule has 4 heteroatoms. The molecule has 1 atom stereocenters. The topological polar surface area (TPSA) is 70.0 Å². The number of benzene rings is 1. The van der Waals surface area contributed by atoms with E-state index in [4.69, 9.17) is 5.73 Å². The fourth-order valence-electron chi connectivity index (χ4n) is 1.89. The van der Waals surface area contributed by atoms with Crippen LogP contribution in [0.5, 0.6) is 5.75 Å². The van der Waals surface area contributed by atoms with Crippen molar-refractivity contribution in [1.82, 2.24) is 0 Å². The number of allylic oxidation sites excluding steroid dienone is 4. The predicted octanol–water partition coefficient (Wildman–Crippen LogP) is 2.67. The van der Waals surface area contributed by atoms with Gasteiger partial charge in [-0.3, -0.25) is 0 Å². The van der Waals surface area contributed by atoms with E-state index in [9.17, 15) is 10.4 Å². The van der Waals surface area contributed by atoms with Gasteiger partial charge in [-0.15, -0.1) is 12.4 Å². The number of nitrogens with two attached hydrogens (primary N) is 1. The minimum Gasteiger partial charge on any atom is -0.508 e. The van der Waals surface area contributed by atoms with Crippen molar-refractivity contribution in [2.45, 2.75) is 11.8 Å². The lowest BCUT2D eigenvalue weighted by atomic mass is 9.76. The van der Waals surface area contributed by atoms with Gasteiger partial charge in [0.15, 0.2) is 0 Å². The van der Waals surface area contributed by atoms with E-state index in [2.05, 4.69) is 6.07 Å². The van der Waals surface area contributed by atoms with Crippen LogP contribution in [0.15, 0.2) is 42.5 Å². The maximum atomic E-state index is 9.85. The molecule has 17 heavy (non-hydrogen) atoms. The van der Waals surface area contributed by atoms with Crippen LogP contribution < -0.4 is 5.73 Å². The summed E-state index contributed by atoms with van der Waals surface area (Å²) < 4.78 is 0. The van der Waals surface area contributed by atoms with Crippen LogP contribution in [0.25, 0.3) is 0 Å². The van der Waals surface area contributed by atoms with E-state index in [1.54, 1.807) is 18.2 Å². The highest BCUT2D eigenvalue weighted by Crippen LogP contribution is 2.37. The lowest BCUT2D eigenvalue weighted by molar-refractivity contribution is 0.458. The molecule has 1 unspecified atom stereocenters. The van der Waals surface area contributed by atoms with Gasteiger partial charge in [0.25, 0.3) is 0 Å². The van der Waals surface area contributed by atoms with Gasteiger partial charge >= 0.3 is 0 Å². The molecule has 0 aliphatic heterocycles. The number of nitriles is 1. The van der Waals surface area contributed by atoms with Crippen molar-refractivity contribution in [2.75, 3.05) is 5.73 Å². The van der Waals surface area contributed by atoms with E-state index >= 15 is 0 Å². The summed E-state index contributed by atoms with van der Waals surface area (Å²) >= 11 is 0. The Bertz CT molecular complexity index is 517. The molecule has 3 nitrogen and oxygen atoms in total. The fraction of sp³-hybridized carbons (Fsp3) is 0.154. The molecule has 1 aromatic rings. The third kappa shape index (κ3) is 2.27. The number of hydrogen-bond donors (Lipinski definition) is 2. The summed E-state index contributed by atoms with van der Waals surface area (Å²) in [6, 6.07) is 7.13. The van der Waals surface area contributed by atoms with E-state index in [0.717, 1.165) is 0 Å². The zero-order valence-electron chi connectivity index (χ0n) is 9.13. The molecule has 1 aliphatic rings. The molecule has 0 aromatic heterocycles. The van der Waals surface area contributed by atoms with E-state index in [1.807, 2.05) is 18.2 Å². The van der Waals surface area contributed by atoms with Crippen LogP contribution in [-0.2, 0) is 5.41 Å². The van der Waals surface area contributed by atoms with Crippen molar-refractivity contribution in [3.05, 3.63) is 48.1 Å². The molecule has 0 bridgehead atoms. The second-order valence-electron chi connectivity index (χ2n) is 3.85. The molecule has 0 saturated carbocycles. The highest BCUT2D eigenvalue weighted by atomic mass is 35.5. The molecule has 3 N–H and O–H groups in total. The molecule has 88 valence electrons. The first-order valence-corrected chi connectivity index (χ1v) is 5.02. The van der Waals surface area contributed by atoms with E-state index in [1.165, 1.54) is 6.07 Å². The Hall–Kier alpha value is -1.92. The first kappa shape index (κ1) is 13.1. The standard InChI is InChI=1S/C13H12N2O.ClH/c14-9-13(6-2-1-3-7-13)11-5-4-10(15)8-12(11)16;/h1-6,8,16H,7,15H2;1H. The van der Waals surface area contributed by atoms with Crippen LogP contribution in [0.2, 0.25) is 0 Å². The number of hydrogen-bond acceptors (Lipinski definition) is 3. The average Bonchev–Trinajstić information content (AvgIpc) is 2.30. The van der Waals surface area contributed by atoms with Crippen LogP contribution in [0.3, 0.4) is 0 Å². The zero-order valence-corrected chi connectivity index (χ0v) is 9.95. The van der Waals surface area contributed by atoms with Crippen molar-refractivity contribution in [3.8, 4) is 11.8 Å². The van der Waals surface area contributed by atoms with Crippen molar-refractivity contribution in [3.63, 3.8) is 0 Å². The molecule has 0 radical (unpaired) electrons. The summed E-state index contributed by atoms with van der Waals surface area (Å²) in [6.07, 6.45) is 8.00. The Morgan fingerprint density at radius 3 is 2.65 bits per heavy atom. The van der Waals surface area contributed by atoms with Gasteiger partial charge in [0.05, 0.1) is 6.07 Å². The van der Waals surface area contributed by atoms with Gasteiger partial charge in [0.1, 0.15) is 11.2 Å². The number of aromatic hydroxyl groups is 1. The quantitative estimate of drug-likeness (QED) is 0.751. The highest BCUT2D eigenvalue weighted by molar-refractivity contribution is 5.85. The first-order chi connectivity index (χ1) is 7.68. The summed E-state index contributed by atoms with van der Waals surface area (Å²) in [4.78, 5) is 0. The minimum atomic E-state index is -0.771. The SMILES string of the molecule is Cl.N#CC1(c2ccc(N)cc2O)C=CC=CC1. The first-order valence-electron chi connectivity index (χ1n) is 5.02. The number of nitrogen functional groups attached to an aromatic ring is 1. The van der Waals surface area contributed by atoms with E-state index in [-0.39, 0.29) is 18.2 Å². The zero-order chi connectivity index (χ0) is 11.6. The predicted molar refractivity (Wildman–Crippen MR) is 70.0 cm³/mol. The number of rotatable bonds is 1. The molecule has 0 fully saturated rings.